The topological polar surface area (TPSA) is 46.6 Å². The van der Waals surface area contributed by atoms with Gasteiger partial charge >= 0.3 is 5.97 Å². The second kappa shape index (κ2) is 5.32. The maximum absolute atomic E-state index is 12.2. The van der Waals surface area contributed by atoms with Crippen LogP contribution in [0.15, 0.2) is 0 Å². The monoisotopic (exact) mass is 227 g/mol. The molecule has 0 atom stereocenters. The van der Waals surface area contributed by atoms with E-state index in [4.69, 9.17) is 0 Å². The van der Waals surface area contributed by atoms with Crippen LogP contribution in [0.25, 0.3) is 0 Å². The van der Waals surface area contributed by atoms with Crippen molar-refractivity contribution in [1.82, 2.24) is 4.90 Å². The minimum Gasteiger partial charge on any atom is -0.468 e. The van der Waals surface area contributed by atoms with E-state index in [1.165, 1.54) is 20.0 Å². The van der Waals surface area contributed by atoms with Crippen molar-refractivity contribution in [3.05, 3.63) is 0 Å². The van der Waals surface area contributed by atoms with E-state index < -0.39 is 11.4 Å². The van der Waals surface area contributed by atoms with Crippen LogP contribution in [0.1, 0.15) is 39.5 Å². The molecule has 1 fully saturated rings. The summed E-state index contributed by atoms with van der Waals surface area (Å²) < 4.78 is 4.67. The fraction of sp³-hybridized carbons (Fsp3) is 0.833. The highest BCUT2D eigenvalue weighted by Gasteiger charge is 2.40. The van der Waals surface area contributed by atoms with Crippen molar-refractivity contribution in [1.29, 1.82) is 0 Å². The Balaban J connectivity index is 2.71. The molecule has 0 aliphatic carbocycles. The molecule has 0 bridgehead atoms. The van der Waals surface area contributed by atoms with Crippen molar-refractivity contribution in [3.8, 4) is 0 Å². The average Bonchev–Trinajstić information content (AvgIpc) is 2.55. The molecule has 1 heterocycles. The Morgan fingerprint density at radius 3 is 2.00 bits per heavy atom. The number of methoxy groups -OCH3 is 1. The van der Waals surface area contributed by atoms with Gasteiger partial charge in [0.05, 0.1) is 7.11 Å². The first kappa shape index (κ1) is 13.0. The fourth-order valence-electron chi connectivity index (χ4n) is 2.01. The van der Waals surface area contributed by atoms with Crippen LogP contribution in [0, 0.1) is 5.41 Å². The van der Waals surface area contributed by atoms with Gasteiger partial charge in [0.15, 0.2) is 0 Å². The van der Waals surface area contributed by atoms with Crippen LogP contribution in [0.2, 0.25) is 0 Å². The number of rotatable bonds is 2. The van der Waals surface area contributed by atoms with Gasteiger partial charge in [0, 0.05) is 13.1 Å². The standard InChI is InChI=1S/C12H21NO3/c1-12(2,11(15)16-3)10(14)13-8-6-4-5-7-9-13/h4-9H2,1-3H3. The maximum Gasteiger partial charge on any atom is 0.320 e. The number of likely N-dealkylation sites (tertiary alicyclic amines) is 1. The predicted molar refractivity (Wildman–Crippen MR) is 60.8 cm³/mol. The van der Waals surface area contributed by atoms with Gasteiger partial charge in [-0.05, 0) is 26.7 Å². The van der Waals surface area contributed by atoms with E-state index in [1.54, 1.807) is 18.7 Å². The molecule has 0 spiro atoms. The first-order chi connectivity index (χ1) is 7.50. The van der Waals surface area contributed by atoms with Crippen LogP contribution in [0.5, 0.6) is 0 Å². The lowest BCUT2D eigenvalue weighted by Gasteiger charge is -2.29. The van der Waals surface area contributed by atoms with Gasteiger partial charge in [-0.15, -0.1) is 0 Å². The van der Waals surface area contributed by atoms with Crippen LogP contribution in [0.3, 0.4) is 0 Å². The predicted octanol–water partition coefficient (Wildman–Crippen LogP) is 1.59. The zero-order valence-electron chi connectivity index (χ0n) is 10.4. The summed E-state index contributed by atoms with van der Waals surface area (Å²) in [4.78, 5) is 25.5. The Hall–Kier alpha value is -1.06. The molecule has 0 unspecified atom stereocenters. The highest BCUT2D eigenvalue weighted by Crippen LogP contribution is 2.23. The number of ether oxygens (including phenoxy) is 1. The van der Waals surface area contributed by atoms with E-state index in [0.717, 1.165) is 25.9 Å². The van der Waals surface area contributed by atoms with E-state index in [0.29, 0.717) is 0 Å². The normalized spacial score (nSPS) is 17.8. The van der Waals surface area contributed by atoms with Crippen molar-refractivity contribution in [2.75, 3.05) is 20.2 Å². The Morgan fingerprint density at radius 2 is 1.56 bits per heavy atom. The first-order valence-corrected chi connectivity index (χ1v) is 5.88. The molecule has 1 saturated heterocycles. The third-order valence-corrected chi connectivity index (χ3v) is 3.12. The Kier molecular flexibility index (Phi) is 4.33. The molecule has 16 heavy (non-hydrogen) atoms. The van der Waals surface area contributed by atoms with Crippen LogP contribution < -0.4 is 0 Å². The lowest BCUT2D eigenvalue weighted by atomic mass is 9.91. The third kappa shape index (κ3) is 2.74. The zero-order chi connectivity index (χ0) is 12.2. The molecule has 1 amide bonds. The second-order valence-corrected chi connectivity index (χ2v) is 4.82. The minimum absolute atomic E-state index is 0.110. The van der Waals surface area contributed by atoms with Crippen molar-refractivity contribution in [2.45, 2.75) is 39.5 Å². The van der Waals surface area contributed by atoms with Gasteiger partial charge in [-0.3, -0.25) is 9.59 Å². The van der Waals surface area contributed by atoms with E-state index in [9.17, 15) is 9.59 Å². The molecule has 4 heteroatoms. The molecule has 1 aliphatic rings. The van der Waals surface area contributed by atoms with Gasteiger partial charge in [-0.2, -0.15) is 0 Å². The Labute approximate surface area is 96.9 Å². The van der Waals surface area contributed by atoms with Gasteiger partial charge in [-0.25, -0.2) is 0 Å². The fourth-order valence-corrected chi connectivity index (χ4v) is 2.01. The van der Waals surface area contributed by atoms with E-state index in [1.807, 2.05) is 0 Å². The zero-order valence-corrected chi connectivity index (χ0v) is 10.4. The number of amides is 1. The van der Waals surface area contributed by atoms with Gasteiger partial charge in [0.2, 0.25) is 5.91 Å². The number of hydrogen-bond acceptors (Lipinski definition) is 3. The Morgan fingerprint density at radius 1 is 1.06 bits per heavy atom. The number of hydrogen-bond donors (Lipinski definition) is 0. The largest absolute Gasteiger partial charge is 0.468 e. The highest BCUT2D eigenvalue weighted by molar-refractivity contribution is 6.01. The summed E-state index contributed by atoms with van der Waals surface area (Å²) in [5, 5.41) is 0. The lowest BCUT2D eigenvalue weighted by Crippen LogP contribution is -2.46. The van der Waals surface area contributed by atoms with Crippen LogP contribution in [0.4, 0.5) is 0 Å². The van der Waals surface area contributed by atoms with Crippen molar-refractivity contribution < 1.29 is 14.3 Å². The molecule has 4 nitrogen and oxygen atoms in total. The molecular formula is C12H21NO3. The summed E-state index contributed by atoms with van der Waals surface area (Å²) in [5.74, 6) is -0.567. The molecule has 0 N–H and O–H groups in total. The van der Waals surface area contributed by atoms with E-state index in [2.05, 4.69) is 4.74 Å². The Bertz CT molecular complexity index is 265. The van der Waals surface area contributed by atoms with Gasteiger partial charge in [0.25, 0.3) is 0 Å². The van der Waals surface area contributed by atoms with Crippen molar-refractivity contribution >= 4 is 11.9 Å². The third-order valence-electron chi connectivity index (χ3n) is 3.12. The smallest absolute Gasteiger partial charge is 0.320 e. The molecule has 1 rings (SSSR count). The number of carbonyl (C=O) groups is 2. The van der Waals surface area contributed by atoms with Crippen LogP contribution >= 0.6 is 0 Å². The number of carbonyl (C=O) groups excluding carboxylic acids is 2. The first-order valence-electron chi connectivity index (χ1n) is 5.88. The van der Waals surface area contributed by atoms with E-state index in [-0.39, 0.29) is 5.91 Å². The second-order valence-electron chi connectivity index (χ2n) is 4.82. The van der Waals surface area contributed by atoms with Gasteiger partial charge in [0.1, 0.15) is 5.41 Å². The molecule has 0 saturated carbocycles. The summed E-state index contributed by atoms with van der Waals surface area (Å²) in [6, 6.07) is 0. The summed E-state index contributed by atoms with van der Waals surface area (Å²) in [7, 11) is 1.32. The van der Waals surface area contributed by atoms with Gasteiger partial charge in [-0.1, -0.05) is 12.8 Å². The molecule has 0 aromatic heterocycles. The van der Waals surface area contributed by atoms with E-state index >= 15 is 0 Å². The molecule has 0 radical (unpaired) electrons. The maximum atomic E-state index is 12.2. The molecular weight excluding hydrogens is 206 g/mol. The summed E-state index contributed by atoms with van der Waals surface area (Å²) in [6.45, 7) is 4.79. The summed E-state index contributed by atoms with van der Waals surface area (Å²) >= 11 is 0. The number of esters is 1. The molecule has 0 aromatic rings. The quantitative estimate of drug-likeness (QED) is 0.531. The minimum atomic E-state index is -1.06. The highest BCUT2D eigenvalue weighted by atomic mass is 16.5. The molecule has 0 aromatic carbocycles. The van der Waals surface area contributed by atoms with Gasteiger partial charge < -0.3 is 9.64 Å². The van der Waals surface area contributed by atoms with Crippen LogP contribution in [-0.2, 0) is 14.3 Å². The number of nitrogens with zero attached hydrogens (tertiary/aromatic N) is 1. The lowest BCUT2D eigenvalue weighted by molar-refractivity contribution is -0.160. The SMILES string of the molecule is COC(=O)C(C)(C)C(=O)N1CCCCCC1. The molecule has 1 aliphatic heterocycles. The van der Waals surface area contributed by atoms with Crippen molar-refractivity contribution in [2.24, 2.45) is 5.41 Å². The summed E-state index contributed by atoms with van der Waals surface area (Å²) in [6.07, 6.45) is 4.40. The van der Waals surface area contributed by atoms with Crippen LogP contribution in [-0.4, -0.2) is 37.0 Å². The average molecular weight is 227 g/mol. The summed E-state index contributed by atoms with van der Waals surface area (Å²) in [5.41, 5.74) is -1.06. The van der Waals surface area contributed by atoms with Crippen molar-refractivity contribution in [3.63, 3.8) is 0 Å². The molecule has 92 valence electrons.